The maximum atomic E-state index is 11.0. The Morgan fingerprint density at radius 2 is 2.25 bits per heavy atom. The summed E-state index contributed by atoms with van der Waals surface area (Å²) in [5, 5.41) is 6.50. The van der Waals surface area contributed by atoms with Crippen molar-refractivity contribution in [2.75, 3.05) is 5.75 Å². The zero-order valence-electron chi connectivity index (χ0n) is 7.33. The second-order valence-corrected chi connectivity index (χ2v) is 5.00. The van der Waals surface area contributed by atoms with Gasteiger partial charge in [0.15, 0.2) is 0 Å². The van der Waals surface area contributed by atoms with Crippen LogP contribution in [-0.2, 0) is 0 Å². The van der Waals surface area contributed by atoms with Gasteiger partial charge in [0.05, 0.1) is 12.1 Å². The zero-order valence-corrected chi connectivity index (χ0v) is 8.15. The predicted molar refractivity (Wildman–Crippen MR) is 50.3 cm³/mol. The van der Waals surface area contributed by atoms with E-state index in [0.29, 0.717) is 23.3 Å². The number of amides is 2. The van der Waals surface area contributed by atoms with Crippen molar-refractivity contribution in [3.63, 3.8) is 0 Å². The lowest BCUT2D eigenvalue weighted by molar-refractivity contribution is 0.246. The zero-order chi connectivity index (χ0) is 8.72. The van der Waals surface area contributed by atoms with Gasteiger partial charge in [-0.1, -0.05) is 13.8 Å². The third kappa shape index (κ3) is 1.18. The topological polar surface area (TPSA) is 41.1 Å². The number of thioether (sulfide) groups is 1. The third-order valence-corrected chi connectivity index (χ3v) is 4.30. The van der Waals surface area contributed by atoms with Crippen molar-refractivity contribution in [1.82, 2.24) is 10.6 Å². The standard InChI is InChI=1S/C8H14N2OS/c1-4(2)7-6-5(3-12-7)9-8(11)10-6/h4-7H,3H2,1-2H3,(H2,9,10,11)/t5?,6?,7-/m0/s1. The molecule has 12 heavy (non-hydrogen) atoms. The Bertz CT molecular complexity index is 207. The van der Waals surface area contributed by atoms with E-state index in [1.807, 2.05) is 11.8 Å². The van der Waals surface area contributed by atoms with E-state index in [1.165, 1.54) is 0 Å². The Morgan fingerprint density at radius 3 is 2.92 bits per heavy atom. The summed E-state index contributed by atoms with van der Waals surface area (Å²) >= 11 is 1.97. The molecule has 68 valence electrons. The van der Waals surface area contributed by atoms with Crippen molar-refractivity contribution in [2.45, 2.75) is 31.2 Å². The second kappa shape index (κ2) is 2.83. The number of urea groups is 1. The molecule has 0 spiro atoms. The molecule has 0 aromatic rings. The predicted octanol–water partition coefficient (Wildman–Crippen LogP) is 0.808. The first-order valence-corrected chi connectivity index (χ1v) is 5.42. The van der Waals surface area contributed by atoms with Crippen molar-refractivity contribution < 1.29 is 4.79 Å². The first-order valence-electron chi connectivity index (χ1n) is 4.37. The smallest absolute Gasteiger partial charge is 0.315 e. The largest absolute Gasteiger partial charge is 0.332 e. The maximum Gasteiger partial charge on any atom is 0.315 e. The van der Waals surface area contributed by atoms with Gasteiger partial charge in [-0.2, -0.15) is 11.8 Å². The average Bonchev–Trinajstić information content (AvgIpc) is 2.43. The molecule has 2 saturated heterocycles. The van der Waals surface area contributed by atoms with E-state index in [2.05, 4.69) is 24.5 Å². The van der Waals surface area contributed by atoms with Crippen LogP contribution in [0.25, 0.3) is 0 Å². The highest BCUT2D eigenvalue weighted by molar-refractivity contribution is 8.00. The molecule has 2 heterocycles. The second-order valence-electron chi connectivity index (χ2n) is 3.79. The van der Waals surface area contributed by atoms with Gasteiger partial charge >= 0.3 is 6.03 Å². The normalized spacial score (nSPS) is 39.6. The molecular weight excluding hydrogens is 172 g/mol. The van der Waals surface area contributed by atoms with Gasteiger partial charge in [0, 0.05) is 11.0 Å². The average molecular weight is 186 g/mol. The molecule has 0 aliphatic carbocycles. The molecule has 0 aromatic heterocycles. The first kappa shape index (κ1) is 8.23. The molecule has 3 atom stereocenters. The summed E-state index contributed by atoms with van der Waals surface area (Å²) in [6.45, 7) is 4.43. The van der Waals surface area contributed by atoms with Crippen LogP contribution in [0, 0.1) is 5.92 Å². The van der Waals surface area contributed by atoms with Gasteiger partial charge in [0.1, 0.15) is 0 Å². The van der Waals surface area contributed by atoms with Gasteiger partial charge in [-0.25, -0.2) is 4.79 Å². The van der Waals surface area contributed by atoms with Crippen LogP contribution in [0.3, 0.4) is 0 Å². The summed E-state index contributed by atoms with van der Waals surface area (Å²) in [4.78, 5) is 11.0. The molecule has 2 unspecified atom stereocenters. The Labute approximate surface area is 76.7 Å². The molecule has 2 fully saturated rings. The van der Waals surface area contributed by atoms with E-state index in [4.69, 9.17) is 0 Å². The Balaban J connectivity index is 2.08. The van der Waals surface area contributed by atoms with E-state index in [1.54, 1.807) is 0 Å². The van der Waals surface area contributed by atoms with E-state index in [9.17, 15) is 4.79 Å². The van der Waals surface area contributed by atoms with Crippen molar-refractivity contribution >= 4 is 17.8 Å². The highest BCUT2D eigenvalue weighted by Gasteiger charge is 2.43. The fourth-order valence-electron chi connectivity index (χ4n) is 1.93. The minimum Gasteiger partial charge on any atom is -0.332 e. The van der Waals surface area contributed by atoms with Crippen molar-refractivity contribution in [3.05, 3.63) is 0 Å². The Kier molecular flexibility index (Phi) is 1.94. The fourth-order valence-corrected chi connectivity index (χ4v) is 3.50. The number of hydrogen-bond donors (Lipinski definition) is 2. The molecule has 0 radical (unpaired) electrons. The molecule has 4 heteroatoms. The van der Waals surface area contributed by atoms with Gasteiger partial charge in [0.2, 0.25) is 0 Å². The highest BCUT2D eigenvalue weighted by atomic mass is 32.2. The lowest BCUT2D eigenvalue weighted by Crippen LogP contribution is -2.39. The van der Waals surface area contributed by atoms with Crippen LogP contribution in [-0.4, -0.2) is 29.1 Å². The maximum absolute atomic E-state index is 11.0. The summed E-state index contributed by atoms with van der Waals surface area (Å²) in [6.07, 6.45) is 0. The summed E-state index contributed by atoms with van der Waals surface area (Å²) < 4.78 is 0. The van der Waals surface area contributed by atoms with Crippen LogP contribution in [0.15, 0.2) is 0 Å². The molecule has 0 saturated carbocycles. The van der Waals surface area contributed by atoms with Gasteiger partial charge in [0.25, 0.3) is 0 Å². The summed E-state index contributed by atoms with van der Waals surface area (Å²) in [5.41, 5.74) is 0. The van der Waals surface area contributed by atoms with E-state index < -0.39 is 0 Å². The quantitative estimate of drug-likeness (QED) is 0.595. The van der Waals surface area contributed by atoms with Crippen LogP contribution in [0.5, 0.6) is 0 Å². The van der Waals surface area contributed by atoms with Crippen LogP contribution >= 0.6 is 11.8 Å². The van der Waals surface area contributed by atoms with Crippen molar-refractivity contribution in [2.24, 2.45) is 5.92 Å². The van der Waals surface area contributed by atoms with E-state index in [0.717, 1.165) is 5.75 Å². The van der Waals surface area contributed by atoms with Crippen LogP contribution < -0.4 is 10.6 Å². The lowest BCUT2D eigenvalue weighted by Gasteiger charge is -2.19. The van der Waals surface area contributed by atoms with Gasteiger partial charge < -0.3 is 10.6 Å². The van der Waals surface area contributed by atoms with Crippen LogP contribution in [0.4, 0.5) is 4.79 Å². The SMILES string of the molecule is CC(C)[C@@H]1SCC2NC(=O)NC21. The molecule has 3 nitrogen and oxygen atoms in total. The molecule has 2 aliphatic heterocycles. The van der Waals surface area contributed by atoms with Crippen molar-refractivity contribution in [1.29, 1.82) is 0 Å². The number of rotatable bonds is 1. The van der Waals surface area contributed by atoms with E-state index >= 15 is 0 Å². The molecule has 0 bridgehead atoms. The van der Waals surface area contributed by atoms with E-state index in [-0.39, 0.29) is 6.03 Å². The molecule has 0 aromatic carbocycles. The molecule has 2 aliphatic rings. The Hall–Kier alpha value is -0.380. The van der Waals surface area contributed by atoms with Gasteiger partial charge in [-0.3, -0.25) is 0 Å². The molecule has 2 rings (SSSR count). The summed E-state index contributed by atoms with van der Waals surface area (Å²) in [7, 11) is 0. The minimum absolute atomic E-state index is 0.0101. The number of hydrogen-bond acceptors (Lipinski definition) is 2. The Morgan fingerprint density at radius 1 is 1.50 bits per heavy atom. The lowest BCUT2D eigenvalue weighted by atomic mass is 10.00. The summed E-state index contributed by atoms with van der Waals surface area (Å²) in [6, 6.07) is 0.744. The minimum atomic E-state index is 0.0101. The van der Waals surface area contributed by atoms with Gasteiger partial charge in [-0.15, -0.1) is 0 Å². The molecule has 2 amide bonds. The van der Waals surface area contributed by atoms with Crippen molar-refractivity contribution in [3.8, 4) is 0 Å². The highest BCUT2D eigenvalue weighted by Crippen LogP contribution is 2.34. The number of fused-ring (bicyclic) bond motifs is 1. The van der Waals surface area contributed by atoms with Crippen LogP contribution in [0.1, 0.15) is 13.8 Å². The third-order valence-electron chi connectivity index (χ3n) is 2.53. The fraction of sp³-hybridized carbons (Fsp3) is 0.875. The van der Waals surface area contributed by atoms with Gasteiger partial charge in [-0.05, 0) is 5.92 Å². The summed E-state index contributed by atoms with van der Waals surface area (Å²) in [5.74, 6) is 1.71. The monoisotopic (exact) mass is 186 g/mol. The number of nitrogens with one attached hydrogen (secondary N) is 2. The molecule has 2 N–H and O–H groups in total. The first-order chi connectivity index (χ1) is 5.68. The number of carbonyl (C=O) groups is 1. The van der Waals surface area contributed by atoms with Crippen LogP contribution in [0.2, 0.25) is 0 Å². The number of carbonyl (C=O) groups excluding carboxylic acids is 1. The molecular formula is C8H14N2OS.